The molecule has 1 aliphatic heterocycles. The Labute approximate surface area is 129 Å². The van der Waals surface area contributed by atoms with Crippen LogP contribution in [0.5, 0.6) is 0 Å². The quantitative estimate of drug-likeness (QED) is 0.671. The van der Waals surface area contributed by atoms with Gasteiger partial charge in [0.25, 0.3) is 0 Å². The van der Waals surface area contributed by atoms with E-state index < -0.39 is 0 Å². The topological polar surface area (TPSA) is 24.5 Å². The highest BCUT2D eigenvalue weighted by atomic mass is 16.5. The lowest BCUT2D eigenvalue weighted by Crippen LogP contribution is -2.33. The lowest BCUT2D eigenvalue weighted by Gasteiger charge is -2.16. The Morgan fingerprint density at radius 1 is 1.19 bits per heavy atom. The maximum atomic E-state index is 5.07. The first-order chi connectivity index (χ1) is 10.4. The third kappa shape index (κ3) is 6.60. The number of nitrogens with zero attached hydrogens (tertiary/aromatic N) is 1. The van der Waals surface area contributed by atoms with Crippen LogP contribution in [-0.2, 0) is 11.2 Å². The third-order valence-corrected chi connectivity index (χ3v) is 4.29. The van der Waals surface area contributed by atoms with E-state index in [1.807, 2.05) is 0 Å². The first kappa shape index (κ1) is 16.5. The second-order valence-corrected chi connectivity index (χ2v) is 6.03. The Kier molecular flexibility index (Phi) is 7.79. The number of hydrogen-bond donors (Lipinski definition) is 1. The maximum Gasteiger partial charge on any atom is 0.0462 e. The van der Waals surface area contributed by atoms with Gasteiger partial charge in [-0.15, -0.1) is 0 Å². The minimum absolute atomic E-state index is 0.697. The van der Waals surface area contributed by atoms with E-state index in [4.69, 9.17) is 4.74 Å². The zero-order chi connectivity index (χ0) is 14.8. The molecule has 21 heavy (non-hydrogen) atoms. The molecular formula is C18H30N2O. The number of rotatable bonds is 10. The fourth-order valence-corrected chi connectivity index (χ4v) is 2.99. The van der Waals surface area contributed by atoms with E-state index in [-0.39, 0.29) is 0 Å². The minimum Gasteiger partial charge on any atom is -0.385 e. The molecule has 0 aromatic heterocycles. The summed E-state index contributed by atoms with van der Waals surface area (Å²) in [5, 5.41) is 3.70. The summed E-state index contributed by atoms with van der Waals surface area (Å²) >= 11 is 0. The van der Waals surface area contributed by atoms with E-state index >= 15 is 0 Å². The Morgan fingerprint density at radius 3 is 2.86 bits per heavy atom. The molecule has 1 heterocycles. The minimum atomic E-state index is 0.697. The van der Waals surface area contributed by atoms with Gasteiger partial charge < -0.3 is 15.0 Å². The van der Waals surface area contributed by atoms with Crippen molar-refractivity contribution in [3.8, 4) is 0 Å². The summed E-state index contributed by atoms with van der Waals surface area (Å²) in [6.07, 6.45) is 6.19. The van der Waals surface area contributed by atoms with Gasteiger partial charge >= 0.3 is 0 Å². The van der Waals surface area contributed by atoms with Crippen LogP contribution in [0.4, 0.5) is 0 Å². The van der Waals surface area contributed by atoms with Crippen LogP contribution < -0.4 is 5.32 Å². The lowest BCUT2D eigenvalue weighted by atomic mass is 10.1. The molecule has 0 aliphatic carbocycles. The smallest absolute Gasteiger partial charge is 0.0462 e. The molecule has 1 unspecified atom stereocenters. The van der Waals surface area contributed by atoms with Crippen LogP contribution in [0.15, 0.2) is 30.3 Å². The number of methoxy groups -OCH3 is 1. The van der Waals surface area contributed by atoms with Gasteiger partial charge in [-0.25, -0.2) is 0 Å². The Hall–Kier alpha value is -0.900. The van der Waals surface area contributed by atoms with Crippen molar-refractivity contribution in [3.63, 3.8) is 0 Å². The van der Waals surface area contributed by atoms with Crippen LogP contribution in [-0.4, -0.2) is 50.8 Å². The first-order valence-corrected chi connectivity index (χ1v) is 8.37. The second-order valence-electron chi connectivity index (χ2n) is 6.03. The predicted octanol–water partition coefficient (Wildman–Crippen LogP) is 2.71. The molecule has 0 bridgehead atoms. The van der Waals surface area contributed by atoms with Crippen molar-refractivity contribution in [2.75, 3.05) is 39.9 Å². The van der Waals surface area contributed by atoms with Gasteiger partial charge in [-0.3, -0.25) is 0 Å². The van der Waals surface area contributed by atoms with Crippen molar-refractivity contribution in [2.45, 2.75) is 38.1 Å². The van der Waals surface area contributed by atoms with Crippen molar-refractivity contribution >= 4 is 0 Å². The summed E-state index contributed by atoms with van der Waals surface area (Å²) in [7, 11) is 1.78. The van der Waals surface area contributed by atoms with Crippen molar-refractivity contribution in [3.05, 3.63) is 35.9 Å². The molecule has 1 aromatic carbocycles. The fraction of sp³-hybridized carbons (Fsp3) is 0.667. The van der Waals surface area contributed by atoms with Gasteiger partial charge in [0.05, 0.1) is 0 Å². The number of hydrogen-bond acceptors (Lipinski definition) is 3. The summed E-state index contributed by atoms with van der Waals surface area (Å²) in [6, 6.07) is 11.5. The average molecular weight is 290 g/mol. The van der Waals surface area contributed by atoms with Gasteiger partial charge in [0, 0.05) is 32.8 Å². The van der Waals surface area contributed by atoms with Gasteiger partial charge in [-0.1, -0.05) is 30.3 Å². The molecule has 1 atom stereocenters. The molecule has 0 amide bonds. The van der Waals surface area contributed by atoms with Crippen molar-refractivity contribution in [1.29, 1.82) is 0 Å². The number of ether oxygens (including phenoxy) is 1. The van der Waals surface area contributed by atoms with Crippen LogP contribution in [0.25, 0.3) is 0 Å². The highest BCUT2D eigenvalue weighted by Gasteiger charge is 2.21. The van der Waals surface area contributed by atoms with E-state index in [1.165, 1.54) is 57.3 Å². The summed E-state index contributed by atoms with van der Waals surface area (Å²) in [5.41, 5.74) is 1.45. The summed E-state index contributed by atoms with van der Waals surface area (Å²) in [5.74, 6) is 0. The largest absolute Gasteiger partial charge is 0.385 e. The monoisotopic (exact) mass is 290 g/mol. The molecule has 0 radical (unpaired) electrons. The van der Waals surface area contributed by atoms with Gasteiger partial charge in [0.2, 0.25) is 0 Å². The van der Waals surface area contributed by atoms with Crippen molar-refractivity contribution in [2.24, 2.45) is 0 Å². The van der Waals surface area contributed by atoms with Crippen LogP contribution in [0.1, 0.15) is 31.2 Å². The lowest BCUT2D eigenvalue weighted by molar-refractivity contribution is 0.192. The SMILES string of the molecule is COCCCCCNC1CCN(CCc2ccccc2)C1. The Bertz CT molecular complexity index is 369. The van der Waals surface area contributed by atoms with Crippen LogP contribution in [0.2, 0.25) is 0 Å². The molecular weight excluding hydrogens is 260 g/mol. The molecule has 1 saturated heterocycles. The highest BCUT2D eigenvalue weighted by molar-refractivity contribution is 5.14. The highest BCUT2D eigenvalue weighted by Crippen LogP contribution is 2.11. The Morgan fingerprint density at radius 2 is 2.05 bits per heavy atom. The number of unbranched alkanes of at least 4 members (excludes halogenated alkanes) is 2. The maximum absolute atomic E-state index is 5.07. The van der Waals surface area contributed by atoms with Crippen molar-refractivity contribution in [1.82, 2.24) is 10.2 Å². The van der Waals surface area contributed by atoms with Crippen molar-refractivity contribution < 1.29 is 4.74 Å². The molecule has 118 valence electrons. The predicted molar refractivity (Wildman–Crippen MR) is 88.7 cm³/mol. The van der Waals surface area contributed by atoms with Crippen LogP contribution in [0, 0.1) is 0 Å². The van der Waals surface area contributed by atoms with Crippen LogP contribution >= 0.6 is 0 Å². The first-order valence-electron chi connectivity index (χ1n) is 8.37. The van der Waals surface area contributed by atoms with E-state index in [2.05, 4.69) is 40.5 Å². The van der Waals surface area contributed by atoms with Gasteiger partial charge in [0.1, 0.15) is 0 Å². The molecule has 1 fully saturated rings. The molecule has 3 heteroatoms. The van der Waals surface area contributed by atoms with E-state index in [1.54, 1.807) is 7.11 Å². The standard InChI is InChI=1S/C18H30N2O/c1-21-15-7-3-6-12-19-18-11-14-20(16-18)13-10-17-8-4-2-5-9-17/h2,4-5,8-9,18-19H,3,6-7,10-16H2,1H3. The van der Waals surface area contributed by atoms with Gasteiger partial charge in [0.15, 0.2) is 0 Å². The molecule has 0 spiro atoms. The molecule has 3 nitrogen and oxygen atoms in total. The van der Waals surface area contributed by atoms with Crippen LogP contribution in [0.3, 0.4) is 0 Å². The summed E-state index contributed by atoms with van der Waals surface area (Å²) < 4.78 is 5.07. The summed E-state index contributed by atoms with van der Waals surface area (Å²) in [4.78, 5) is 2.59. The molecule has 0 saturated carbocycles. The molecule has 1 aromatic rings. The third-order valence-electron chi connectivity index (χ3n) is 4.29. The zero-order valence-electron chi connectivity index (χ0n) is 13.4. The average Bonchev–Trinajstić information content (AvgIpc) is 2.98. The molecule has 1 aliphatic rings. The van der Waals surface area contributed by atoms with E-state index in [9.17, 15) is 0 Å². The number of nitrogens with one attached hydrogen (secondary N) is 1. The number of benzene rings is 1. The van der Waals surface area contributed by atoms with E-state index in [0.29, 0.717) is 6.04 Å². The number of likely N-dealkylation sites (tertiary alicyclic amines) is 1. The molecule has 2 rings (SSSR count). The van der Waals surface area contributed by atoms with E-state index in [0.717, 1.165) is 13.2 Å². The molecule has 1 N–H and O–H groups in total. The fourth-order valence-electron chi connectivity index (χ4n) is 2.99. The Balaban J connectivity index is 1.52. The van der Waals surface area contributed by atoms with Gasteiger partial charge in [-0.05, 0) is 50.8 Å². The van der Waals surface area contributed by atoms with Gasteiger partial charge in [-0.2, -0.15) is 0 Å². The zero-order valence-corrected chi connectivity index (χ0v) is 13.4. The normalized spacial score (nSPS) is 19.2. The summed E-state index contributed by atoms with van der Waals surface area (Å²) in [6.45, 7) is 5.70. The second kappa shape index (κ2) is 9.93.